The van der Waals surface area contributed by atoms with E-state index in [0.29, 0.717) is 0 Å². The van der Waals surface area contributed by atoms with Gasteiger partial charge in [0.05, 0.1) is 0 Å². The molecule has 2 aromatic heterocycles. The summed E-state index contributed by atoms with van der Waals surface area (Å²) in [4.78, 5) is 10.5. The van der Waals surface area contributed by atoms with Crippen LogP contribution in [0.15, 0.2) is 18.6 Å². The number of hydrogen-bond donors (Lipinski definition) is 1. The fourth-order valence-electron chi connectivity index (χ4n) is 0.989. The molecule has 9 heteroatoms. The van der Waals surface area contributed by atoms with Crippen molar-refractivity contribution in [2.45, 2.75) is 6.18 Å². The molecule has 0 fully saturated rings. The van der Waals surface area contributed by atoms with Gasteiger partial charge in [-0.3, -0.25) is 0 Å². The summed E-state index contributed by atoms with van der Waals surface area (Å²) < 4.78 is 37.9. The van der Waals surface area contributed by atoms with E-state index in [1.807, 2.05) is 0 Å². The number of anilines is 1. The average Bonchev–Trinajstić information content (AvgIpc) is 2.64. The number of halogens is 3. The predicted octanol–water partition coefficient (Wildman–Crippen LogP) is 0.658. The predicted molar refractivity (Wildman–Crippen MR) is 46.4 cm³/mol. The lowest BCUT2D eigenvalue weighted by atomic mass is 10.4. The van der Waals surface area contributed by atoms with E-state index < -0.39 is 11.9 Å². The molecule has 16 heavy (non-hydrogen) atoms. The summed E-state index contributed by atoms with van der Waals surface area (Å²) in [6.07, 6.45) is -2.41. The molecule has 0 saturated heterocycles. The maximum Gasteiger partial charge on any atom is 0.433 e. The van der Waals surface area contributed by atoms with E-state index in [1.54, 1.807) is 0 Å². The molecule has 0 saturated carbocycles. The van der Waals surface area contributed by atoms with Crippen LogP contribution in [0.2, 0.25) is 0 Å². The highest BCUT2D eigenvalue weighted by atomic mass is 19.4. The van der Waals surface area contributed by atoms with Crippen molar-refractivity contribution in [3.8, 4) is 5.95 Å². The van der Waals surface area contributed by atoms with Gasteiger partial charge in [-0.15, -0.1) is 5.10 Å². The minimum Gasteiger partial charge on any atom is -0.366 e. The van der Waals surface area contributed by atoms with Crippen molar-refractivity contribution in [1.82, 2.24) is 24.7 Å². The molecule has 2 N–H and O–H groups in total. The molecule has 0 aliphatic heterocycles. The molecule has 0 aliphatic carbocycles. The summed E-state index contributed by atoms with van der Waals surface area (Å²) in [6.45, 7) is 0. The van der Waals surface area contributed by atoms with Crippen molar-refractivity contribution >= 4 is 5.95 Å². The lowest BCUT2D eigenvalue weighted by Crippen LogP contribution is -2.11. The summed E-state index contributed by atoms with van der Waals surface area (Å²) in [5.41, 5.74) is 4.17. The Kier molecular flexibility index (Phi) is 2.22. The Hall–Kier alpha value is -2.19. The summed E-state index contributed by atoms with van der Waals surface area (Å²) >= 11 is 0. The number of alkyl halides is 3. The highest BCUT2D eigenvalue weighted by molar-refractivity contribution is 5.18. The van der Waals surface area contributed by atoms with Gasteiger partial charge in [-0.05, 0) is 6.07 Å². The number of nitrogens with zero attached hydrogens (tertiary/aromatic N) is 5. The lowest BCUT2D eigenvalue weighted by molar-refractivity contribution is -0.141. The minimum atomic E-state index is -4.52. The van der Waals surface area contributed by atoms with Gasteiger partial charge < -0.3 is 5.73 Å². The highest BCUT2D eigenvalue weighted by Crippen LogP contribution is 2.27. The van der Waals surface area contributed by atoms with Crippen molar-refractivity contribution in [2.75, 3.05) is 5.73 Å². The zero-order chi connectivity index (χ0) is 11.8. The third-order valence-electron chi connectivity index (χ3n) is 1.65. The van der Waals surface area contributed by atoms with E-state index in [4.69, 9.17) is 5.73 Å². The summed E-state index contributed by atoms with van der Waals surface area (Å²) in [6, 6.07) is 0.768. The van der Waals surface area contributed by atoms with Gasteiger partial charge >= 0.3 is 6.18 Å². The standard InChI is InChI=1S/C7H5F3N6/c8-7(9,10)4-1-2-12-6(14-4)16-3-13-5(11)15-16/h1-3H,(H2,11,15). The fraction of sp³-hybridized carbons (Fsp3) is 0.143. The zero-order valence-corrected chi connectivity index (χ0v) is 7.68. The van der Waals surface area contributed by atoms with Crippen LogP contribution in [0.5, 0.6) is 0 Å². The van der Waals surface area contributed by atoms with Crippen LogP contribution in [0.1, 0.15) is 5.69 Å². The van der Waals surface area contributed by atoms with Gasteiger partial charge in [0.2, 0.25) is 5.95 Å². The van der Waals surface area contributed by atoms with Crippen LogP contribution >= 0.6 is 0 Å². The number of rotatable bonds is 1. The van der Waals surface area contributed by atoms with Gasteiger partial charge in [-0.2, -0.15) is 17.9 Å². The van der Waals surface area contributed by atoms with Crippen LogP contribution in [0.25, 0.3) is 5.95 Å². The second kappa shape index (κ2) is 3.43. The average molecular weight is 230 g/mol. The molecule has 0 atom stereocenters. The lowest BCUT2D eigenvalue weighted by Gasteiger charge is -2.05. The van der Waals surface area contributed by atoms with Crippen molar-refractivity contribution in [2.24, 2.45) is 0 Å². The van der Waals surface area contributed by atoms with E-state index in [1.165, 1.54) is 0 Å². The van der Waals surface area contributed by atoms with Gasteiger partial charge in [0.15, 0.2) is 0 Å². The number of hydrogen-bond acceptors (Lipinski definition) is 5. The Bertz CT molecular complexity index is 505. The third-order valence-corrected chi connectivity index (χ3v) is 1.65. The molecule has 2 aromatic rings. The first-order chi connectivity index (χ1) is 7.47. The van der Waals surface area contributed by atoms with E-state index in [9.17, 15) is 13.2 Å². The molecule has 0 radical (unpaired) electrons. The highest BCUT2D eigenvalue weighted by Gasteiger charge is 2.32. The Morgan fingerprint density at radius 3 is 2.56 bits per heavy atom. The van der Waals surface area contributed by atoms with Gasteiger partial charge in [0.25, 0.3) is 5.95 Å². The SMILES string of the molecule is Nc1ncn(-c2nccc(C(F)(F)F)n2)n1. The normalized spacial score (nSPS) is 11.7. The molecule has 84 valence electrons. The molecule has 2 rings (SSSR count). The fourth-order valence-corrected chi connectivity index (χ4v) is 0.989. The Morgan fingerprint density at radius 1 is 1.25 bits per heavy atom. The maximum absolute atomic E-state index is 12.3. The molecule has 0 amide bonds. The van der Waals surface area contributed by atoms with Crippen molar-refractivity contribution < 1.29 is 13.2 Å². The van der Waals surface area contributed by atoms with Crippen LogP contribution in [0, 0.1) is 0 Å². The Balaban J connectivity index is 2.44. The van der Waals surface area contributed by atoms with Crippen LogP contribution < -0.4 is 5.73 Å². The van der Waals surface area contributed by atoms with Crippen LogP contribution in [0.3, 0.4) is 0 Å². The van der Waals surface area contributed by atoms with E-state index in [-0.39, 0.29) is 11.9 Å². The number of nitrogen functional groups attached to an aromatic ring is 1. The van der Waals surface area contributed by atoms with Gasteiger partial charge in [-0.1, -0.05) is 0 Å². The topological polar surface area (TPSA) is 82.5 Å². The second-order valence-electron chi connectivity index (χ2n) is 2.79. The summed E-state index contributed by atoms with van der Waals surface area (Å²) in [7, 11) is 0. The number of nitrogens with two attached hydrogens (primary N) is 1. The first-order valence-corrected chi connectivity index (χ1v) is 4.04. The molecule has 0 aliphatic rings. The van der Waals surface area contributed by atoms with E-state index >= 15 is 0 Å². The first kappa shape index (κ1) is 10.3. The third kappa shape index (κ3) is 1.92. The molecular weight excluding hydrogens is 225 g/mol. The van der Waals surface area contributed by atoms with Gasteiger partial charge in [0, 0.05) is 6.20 Å². The van der Waals surface area contributed by atoms with E-state index in [0.717, 1.165) is 23.3 Å². The molecular formula is C7H5F3N6. The smallest absolute Gasteiger partial charge is 0.366 e. The number of aromatic nitrogens is 5. The molecule has 0 aromatic carbocycles. The van der Waals surface area contributed by atoms with Crippen molar-refractivity contribution in [1.29, 1.82) is 0 Å². The van der Waals surface area contributed by atoms with Crippen LogP contribution in [0.4, 0.5) is 19.1 Å². The van der Waals surface area contributed by atoms with Crippen molar-refractivity contribution in [3.63, 3.8) is 0 Å². The van der Waals surface area contributed by atoms with E-state index in [2.05, 4.69) is 20.1 Å². The molecule has 0 unspecified atom stereocenters. The Labute approximate surface area is 87.0 Å². The molecule has 2 heterocycles. The van der Waals surface area contributed by atoms with Crippen LogP contribution in [-0.2, 0) is 6.18 Å². The van der Waals surface area contributed by atoms with Crippen LogP contribution in [-0.4, -0.2) is 24.7 Å². The quantitative estimate of drug-likeness (QED) is 0.778. The summed E-state index contributed by atoms with van der Waals surface area (Å²) in [5.74, 6) is -0.306. The van der Waals surface area contributed by atoms with Crippen molar-refractivity contribution in [3.05, 3.63) is 24.3 Å². The van der Waals surface area contributed by atoms with Gasteiger partial charge in [-0.25, -0.2) is 15.0 Å². The minimum absolute atomic E-state index is 0.0685. The molecule has 0 bridgehead atoms. The monoisotopic (exact) mass is 230 g/mol. The zero-order valence-electron chi connectivity index (χ0n) is 7.68. The largest absolute Gasteiger partial charge is 0.433 e. The first-order valence-electron chi connectivity index (χ1n) is 4.04. The summed E-state index contributed by atoms with van der Waals surface area (Å²) in [5, 5.41) is 3.60. The second-order valence-corrected chi connectivity index (χ2v) is 2.79. The van der Waals surface area contributed by atoms with Gasteiger partial charge in [0.1, 0.15) is 12.0 Å². The molecule has 0 spiro atoms. The maximum atomic E-state index is 12.3. The Morgan fingerprint density at radius 2 is 2.00 bits per heavy atom. The molecule has 6 nitrogen and oxygen atoms in total.